The van der Waals surface area contributed by atoms with Gasteiger partial charge >= 0.3 is 5.97 Å². The summed E-state index contributed by atoms with van der Waals surface area (Å²) in [6, 6.07) is 29.1. The Morgan fingerprint density at radius 2 is 1.68 bits per heavy atom. The van der Waals surface area contributed by atoms with E-state index >= 15 is 0 Å². The predicted octanol–water partition coefficient (Wildman–Crippen LogP) is 6.52. The fourth-order valence-electron chi connectivity index (χ4n) is 4.08. The van der Waals surface area contributed by atoms with E-state index < -0.39 is 5.97 Å². The number of carboxylic acids is 1. The molecule has 0 fully saturated rings. The van der Waals surface area contributed by atoms with Crippen molar-refractivity contribution in [3.8, 4) is 28.7 Å². The number of aliphatic carboxylic acids is 1. The molecule has 38 heavy (non-hydrogen) atoms. The second-order valence-corrected chi connectivity index (χ2v) is 9.14. The van der Waals surface area contributed by atoms with Gasteiger partial charge in [0.15, 0.2) is 0 Å². The van der Waals surface area contributed by atoms with Crippen LogP contribution in [-0.4, -0.2) is 17.6 Å². The summed E-state index contributed by atoms with van der Waals surface area (Å²) in [6.07, 6.45) is 0. The second-order valence-electron chi connectivity index (χ2n) is 8.73. The first kappa shape index (κ1) is 26.7. The molecule has 0 aromatic heterocycles. The number of carboxylic acid groups (broad SMARTS) is 1. The van der Waals surface area contributed by atoms with Crippen molar-refractivity contribution < 1.29 is 19.4 Å². The van der Waals surface area contributed by atoms with E-state index in [1.807, 2.05) is 36.4 Å². The van der Waals surface area contributed by atoms with Crippen molar-refractivity contribution in [2.45, 2.75) is 26.7 Å². The van der Waals surface area contributed by atoms with Gasteiger partial charge in [-0.3, -0.25) is 4.79 Å². The zero-order valence-corrected chi connectivity index (χ0v) is 21.7. The highest BCUT2D eigenvalue weighted by Gasteiger charge is 2.14. The molecular weight excluding hydrogens is 500 g/mol. The van der Waals surface area contributed by atoms with E-state index in [1.165, 1.54) is 0 Å². The SMILES string of the molecule is Cc1c(COc2cc(OCc3cccc(C#N)c3)c(CNCC(=O)O)cc2Cl)cccc1-c1ccccc1. The Labute approximate surface area is 227 Å². The summed E-state index contributed by atoms with van der Waals surface area (Å²) in [5, 5.41) is 21.4. The van der Waals surface area contributed by atoms with Crippen LogP contribution in [0.15, 0.2) is 84.9 Å². The Morgan fingerprint density at radius 1 is 0.921 bits per heavy atom. The molecule has 0 saturated heterocycles. The second kappa shape index (κ2) is 12.8. The predicted molar refractivity (Wildman–Crippen MR) is 147 cm³/mol. The summed E-state index contributed by atoms with van der Waals surface area (Å²) in [5.74, 6) is 0.0123. The van der Waals surface area contributed by atoms with Gasteiger partial charge in [0.25, 0.3) is 0 Å². The fourth-order valence-corrected chi connectivity index (χ4v) is 4.32. The number of hydrogen-bond acceptors (Lipinski definition) is 5. The number of halogens is 1. The van der Waals surface area contributed by atoms with Gasteiger partial charge in [0, 0.05) is 18.2 Å². The molecule has 7 heteroatoms. The molecule has 0 aliphatic rings. The van der Waals surface area contributed by atoms with E-state index in [1.54, 1.807) is 30.3 Å². The van der Waals surface area contributed by atoms with Crippen molar-refractivity contribution in [2.24, 2.45) is 0 Å². The van der Waals surface area contributed by atoms with Crippen LogP contribution in [-0.2, 0) is 24.6 Å². The Bertz CT molecular complexity index is 1460. The van der Waals surface area contributed by atoms with Crippen LogP contribution in [0.2, 0.25) is 5.02 Å². The van der Waals surface area contributed by atoms with E-state index in [-0.39, 0.29) is 19.7 Å². The monoisotopic (exact) mass is 526 g/mol. The minimum atomic E-state index is -0.958. The molecule has 2 N–H and O–H groups in total. The maximum atomic E-state index is 11.0. The molecule has 4 rings (SSSR count). The molecule has 0 unspecified atom stereocenters. The van der Waals surface area contributed by atoms with Crippen LogP contribution in [0.1, 0.15) is 27.8 Å². The highest BCUT2D eigenvalue weighted by atomic mass is 35.5. The van der Waals surface area contributed by atoms with Crippen LogP contribution in [0.25, 0.3) is 11.1 Å². The van der Waals surface area contributed by atoms with E-state index in [2.05, 4.69) is 36.5 Å². The van der Waals surface area contributed by atoms with E-state index in [9.17, 15) is 10.1 Å². The van der Waals surface area contributed by atoms with Gasteiger partial charge in [0.05, 0.1) is 23.2 Å². The first-order chi connectivity index (χ1) is 18.4. The minimum Gasteiger partial charge on any atom is -0.488 e. The quantitative estimate of drug-likeness (QED) is 0.231. The van der Waals surface area contributed by atoms with Crippen LogP contribution in [0.3, 0.4) is 0 Å². The molecule has 0 atom stereocenters. The molecule has 4 aromatic carbocycles. The van der Waals surface area contributed by atoms with Crippen molar-refractivity contribution in [3.63, 3.8) is 0 Å². The van der Waals surface area contributed by atoms with Gasteiger partial charge in [-0.15, -0.1) is 0 Å². The van der Waals surface area contributed by atoms with Crippen molar-refractivity contribution >= 4 is 17.6 Å². The molecule has 0 bridgehead atoms. The average Bonchev–Trinajstić information content (AvgIpc) is 2.93. The molecule has 0 radical (unpaired) electrons. The van der Waals surface area contributed by atoms with Crippen LogP contribution >= 0.6 is 11.6 Å². The van der Waals surface area contributed by atoms with Gasteiger partial charge in [-0.05, 0) is 52.9 Å². The zero-order valence-electron chi connectivity index (χ0n) is 20.9. The van der Waals surface area contributed by atoms with Crippen LogP contribution in [0, 0.1) is 18.3 Å². The minimum absolute atomic E-state index is 0.198. The van der Waals surface area contributed by atoms with Gasteiger partial charge in [-0.25, -0.2) is 0 Å². The molecule has 0 saturated carbocycles. The number of nitrogens with zero attached hydrogens (tertiary/aromatic N) is 1. The summed E-state index contributed by atoms with van der Waals surface area (Å²) in [7, 11) is 0. The molecule has 0 aliphatic heterocycles. The number of hydrogen-bond donors (Lipinski definition) is 2. The number of benzene rings is 4. The van der Waals surface area contributed by atoms with Crippen molar-refractivity contribution in [1.29, 1.82) is 5.26 Å². The molecule has 0 amide bonds. The van der Waals surface area contributed by atoms with Gasteiger partial charge in [-0.1, -0.05) is 72.3 Å². The summed E-state index contributed by atoms with van der Waals surface area (Å²) < 4.78 is 12.2. The molecular formula is C31H27ClN2O4. The van der Waals surface area contributed by atoms with Crippen molar-refractivity contribution in [3.05, 3.63) is 118 Å². The Balaban J connectivity index is 1.56. The van der Waals surface area contributed by atoms with Crippen LogP contribution < -0.4 is 14.8 Å². The molecule has 6 nitrogen and oxygen atoms in total. The fraction of sp³-hybridized carbons (Fsp3) is 0.161. The number of rotatable bonds is 11. The van der Waals surface area contributed by atoms with Crippen LogP contribution in [0.4, 0.5) is 0 Å². The van der Waals surface area contributed by atoms with Crippen LogP contribution in [0.5, 0.6) is 11.5 Å². The third-order valence-corrected chi connectivity index (χ3v) is 6.37. The van der Waals surface area contributed by atoms with Crippen molar-refractivity contribution in [2.75, 3.05) is 6.54 Å². The first-order valence-corrected chi connectivity index (χ1v) is 12.5. The number of nitrogens with one attached hydrogen (secondary N) is 1. The summed E-state index contributed by atoms with van der Waals surface area (Å²) in [4.78, 5) is 11.0. The maximum Gasteiger partial charge on any atom is 0.317 e. The normalized spacial score (nSPS) is 10.6. The number of nitriles is 1. The lowest BCUT2D eigenvalue weighted by Crippen LogP contribution is -2.22. The molecule has 192 valence electrons. The number of ether oxygens (including phenoxy) is 2. The van der Waals surface area contributed by atoms with Gasteiger partial charge in [0.2, 0.25) is 0 Å². The average molecular weight is 527 g/mol. The van der Waals surface area contributed by atoms with Gasteiger partial charge in [-0.2, -0.15) is 5.26 Å². The third-order valence-electron chi connectivity index (χ3n) is 6.07. The maximum absolute atomic E-state index is 11.0. The third kappa shape index (κ3) is 6.92. The number of carbonyl (C=O) groups is 1. The Kier molecular flexibility index (Phi) is 8.99. The zero-order chi connectivity index (χ0) is 26.9. The lowest BCUT2D eigenvalue weighted by Gasteiger charge is -2.17. The Hall–Kier alpha value is -4.31. The Morgan fingerprint density at radius 3 is 2.45 bits per heavy atom. The standard InChI is InChI=1S/C31H27ClN2O4/c1-21-25(11-6-12-27(21)24-9-3-2-4-10-24)20-38-30-15-29(26(14-28(30)32)17-34-18-31(35)36)37-19-23-8-5-7-22(13-23)16-33/h2-15,34H,17-20H2,1H3,(H,35,36). The lowest BCUT2D eigenvalue weighted by molar-refractivity contribution is -0.136. The van der Waals surface area contributed by atoms with Crippen molar-refractivity contribution in [1.82, 2.24) is 5.32 Å². The van der Waals surface area contributed by atoms with E-state index in [0.717, 1.165) is 27.8 Å². The van der Waals surface area contributed by atoms with E-state index in [0.29, 0.717) is 34.3 Å². The molecule has 4 aromatic rings. The topological polar surface area (TPSA) is 91.6 Å². The molecule has 0 aliphatic carbocycles. The smallest absolute Gasteiger partial charge is 0.317 e. The summed E-state index contributed by atoms with van der Waals surface area (Å²) in [5.41, 5.74) is 6.51. The largest absolute Gasteiger partial charge is 0.488 e. The molecule has 0 heterocycles. The first-order valence-electron chi connectivity index (χ1n) is 12.1. The summed E-state index contributed by atoms with van der Waals surface area (Å²) in [6.45, 7) is 2.66. The van der Waals surface area contributed by atoms with E-state index in [4.69, 9.17) is 26.2 Å². The highest BCUT2D eigenvalue weighted by Crippen LogP contribution is 2.35. The van der Waals surface area contributed by atoms with Gasteiger partial charge < -0.3 is 19.9 Å². The summed E-state index contributed by atoms with van der Waals surface area (Å²) >= 11 is 6.57. The molecule has 0 spiro atoms. The highest BCUT2D eigenvalue weighted by molar-refractivity contribution is 6.32. The lowest BCUT2D eigenvalue weighted by atomic mass is 9.97. The van der Waals surface area contributed by atoms with Gasteiger partial charge in [0.1, 0.15) is 24.7 Å².